The number of nitrogens with one attached hydrogen (secondary N) is 1. The highest BCUT2D eigenvalue weighted by Gasteiger charge is 2.53. The number of aliphatic hydroxyl groups excluding tert-OH is 1. The van der Waals surface area contributed by atoms with Gasteiger partial charge in [0.1, 0.15) is 58.0 Å². The summed E-state index contributed by atoms with van der Waals surface area (Å²) in [5.41, 5.74) is 1.98. The molecule has 0 spiro atoms. The highest BCUT2D eigenvalue weighted by molar-refractivity contribution is 6.04. The van der Waals surface area contributed by atoms with Gasteiger partial charge in [0.25, 0.3) is 0 Å². The van der Waals surface area contributed by atoms with Crippen molar-refractivity contribution < 1.29 is 76.6 Å². The number of ether oxygens (including phenoxy) is 7. The van der Waals surface area contributed by atoms with Gasteiger partial charge in [-0.25, -0.2) is 19.2 Å². The van der Waals surface area contributed by atoms with E-state index in [1.807, 2.05) is 26.3 Å². The van der Waals surface area contributed by atoms with Crippen LogP contribution in [0.1, 0.15) is 76.6 Å². The maximum Gasteiger partial charge on any atom is 0.509 e. The molecule has 3 saturated heterocycles. The number of carbonyl (C=O) groups excluding carboxylic acids is 2. The Labute approximate surface area is 395 Å². The summed E-state index contributed by atoms with van der Waals surface area (Å²) in [7, 11) is 0. The van der Waals surface area contributed by atoms with Gasteiger partial charge in [-0.1, -0.05) is 51.3 Å². The third-order valence-electron chi connectivity index (χ3n) is 12.0. The molecule has 3 fully saturated rings. The number of hydroxylamine groups is 1. The molecule has 0 bridgehead atoms. The first kappa shape index (κ1) is 51.2. The molecule has 0 saturated carbocycles. The van der Waals surface area contributed by atoms with Crippen LogP contribution in [0.3, 0.4) is 0 Å². The first-order valence-corrected chi connectivity index (χ1v) is 21.9. The van der Waals surface area contributed by atoms with Crippen LogP contribution in [0, 0.1) is 50.4 Å². The van der Waals surface area contributed by atoms with Gasteiger partial charge in [0.05, 0.1) is 28.7 Å². The third kappa shape index (κ3) is 10.6. The van der Waals surface area contributed by atoms with Crippen molar-refractivity contribution in [1.82, 2.24) is 5.48 Å². The van der Waals surface area contributed by atoms with E-state index in [0.717, 1.165) is 0 Å². The van der Waals surface area contributed by atoms with E-state index in [4.69, 9.17) is 64.5 Å². The summed E-state index contributed by atoms with van der Waals surface area (Å²) >= 11 is 0. The first-order chi connectivity index (χ1) is 32.9. The summed E-state index contributed by atoms with van der Waals surface area (Å²) in [5, 5.41) is 36.7. The molecular weight excluding hydrogens is 905 g/mol. The van der Waals surface area contributed by atoms with Crippen LogP contribution in [0.5, 0.6) is 23.0 Å². The Morgan fingerprint density at radius 1 is 0.797 bits per heavy atom. The largest absolute Gasteiger partial charge is 0.509 e. The Morgan fingerprint density at radius 3 is 1.88 bits per heavy atom. The van der Waals surface area contributed by atoms with Crippen LogP contribution in [-0.2, 0) is 33.4 Å². The quantitative estimate of drug-likeness (QED) is 0.0288. The van der Waals surface area contributed by atoms with Gasteiger partial charge >= 0.3 is 23.5 Å². The maximum atomic E-state index is 12.7. The molecule has 368 valence electrons. The lowest BCUT2D eigenvalue weighted by atomic mass is 9.89. The number of fused-ring (bicyclic) bond motifs is 3. The zero-order valence-corrected chi connectivity index (χ0v) is 39.2. The lowest BCUT2D eigenvalue weighted by Gasteiger charge is -2.42. The van der Waals surface area contributed by atoms with Crippen LogP contribution in [0.15, 0.2) is 54.4 Å². The number of oxime groups is 1. The van der Waals surface area contributed by atoms with Crippen molar-refractivity contribution in [1.29, 1.82) is 0 Å². The standard InChI is InChI=1S/C27H30N2O10.C22H24O8/c1-7-12-34-28-16(6)20-21(30)17-10-11-19(15(5)23(17)38-25(20)32)37-26-22(31)24(14(4)18(9-3)36-26)39-27(33)29-35-13-8-2;1-6-13-10(4)18-19(30-22(25)29-18)21(26-13)27-14-8-7-12-16(23)15(9(2)3)20(24)28-17(12)11(14)5/h1-2,10-11,14,18,22,24,26,30-31H,9,12-13H2,3-6H3,(H,29,33);7-8,10,13,18-19,21,23H,2,6H2,1,3-5H3/b28-16+;/t14-,18-,22+,24+,26?;10-,13-,18+,19+,21?/m00/s1. The number of amides is 1. The Morgan fingerprint density at radius 2 is 1.32 bits per heavy atom. The number of carbonyl (C=O) groups is 2. The molecule has 0 radical (unpaired) electrons. The van der Waals surface area contributed by atoms with Gasteiger partial charge in [0.15, 0.2) is 18.8 Å². The van der Waals surface area contributed by atoms with Crippen molar-refractivity contribution in [3.63, 3.8) is 0 Å². The first-order valence-electron chi connectivity index (χ1n) is 21.9. The van der Waals surface area contributed by atoms with Crippen LogP contribution in [0.25, 0.3) is 27.5 Å². The molecule has 7 rings (SSSR count). The van der Waals surface area contributed by atoms with E-state index < -0.39 is 66.6 Å². The number of benzene rings is 2. The molecule has 1 amide bonds. The zero-order chi connectivity index (χ0) is 50.4. The average Bonchev–Trinajstić information content (AvgIpc) is 3.71. The summed E-state index contributed by atoms with van der Waals surface area (Å²) in [5.74, 6) is 4.05. The number of allylic oxidation sites excluding steroid dienone is 1. The normalized spacial score (nSPS) is 25.1. The Bertz CT molecular complexity index is 2840. The Balaban J connectivity index is 0.000000234. The van der Waals surface area contributed by atoms with Crippen LogP contribution in [-0.4, -0.2) is 95.7 Å². The second kappa shape index (κ2) is 21.8. The van der Waals surface area contributed by atoms with E-state index in [0.29, 0.717) is 40.7 Å². The molecule has 5 heterocycles. The fourth-order valence-corrected chi connectivity index (χ4v) is 8.38. The minimum absolute atomic E-state index is 0.0421. The van der Waals surface area contributed by atoms with Crippen LogP contribution in [0.2, 0.25) is 0 Å². The van der Waals surface area contributed by atoms with Crippen molar-refractivity contribution >= 4 is 45.5 Å². The number of aliphatic hydroxyl groups is 1. The average molecular weight is 959 g/mol. The number of nitrogens with zero attached hydrogens (tertiary/aromatic N) is 1. The maximum absolute atomic E-state index is 12.7. The molecule has 20 heteroatoms. The second-order valence-corrected chi connectivity index (χ2v) is 16.5. The predicted octanol–water partition coefficient (Wildman–Crippen LogP) is 6.25. The number of aryl methyl sites for hydroxylation is 2. The van der Waals surface area contributed by atoms with Gasteiger partial charge in [0.2, 0.25) is 18.7 Å². The van der Waals surface area contributed by atoms with Crippen molar-refractivity contribution in [2.45, 2.75) is 117 Å². The van der Waals surface area contributed by atoms with E-state index in [1.165, 1.54) is 19.1 Å². The van der Waals surface area contributed by atoms with Gasteiger partial charge in [-0.3, -0.25) is 4.84 Å². The fraction of sp³-hybridized carbons (Fsp3) is 0.449. The molecule has 4 aromatic rings. The van der Waals surface area contributed by atoms with Crippen molar-refractivity contribution in [3.8, 4) is 47.7 Å². The minimum Gasteiger partial charge on any atom is -0.506 e. The number of hydrogen-bond donors (Lipinski definition) is 4. The van der Waals surface area contributed by atoms with Gasteiger partial charge in [-0.2, -0.15) is 5.48 Å². The Hall–Kier alpha value is -7.23. The van der Waals surface area contributed by atoms with E-state index >= 15 is 0 Å². The number of rotatable bonds is 13. The molecule has 69 heavy (non-hydrogen) atoms. The van der Waals surface area contributed by atoms with E-state index in [-0.39, 0.29) is 81.8 Å². The molecule has 4 N–H and O–H groups in total. The number of aromatic hydroxyl groups is 2. The predicted molar refractivity (Wildman–Crippen MR) is 246 cm³/mol. The molecule has 0 aliphatic carbocycles. The highest BCUT2D eigenvalue weighted by Crippen LogP contribution is 2.40. The van der Waals surface area contributed by atoms with Crippen molar-refractivity contribution in [3.05, 3.63) is 73.9 Å². The third-order valence-corrected chi connectivity index (χ3v) is 12.0. The van der Waals surface area contributed by atoms with E-state index in [2.05, 4.69) is 23.6 Å². The van der Waals surface area contributed by atoms with Crippen LogP contribution >= 0.6 is 0 Å². The monoisotopic (exact) mass is 958 g/mol. The minimum atomic E-state index is -1.39. The molecule has 20 nitrogen and oxygen atoms in total. The smallest absolute Gasteiger partial charge is 0.506 e. The molecule has 10 atom stereocenters. The topological polar surface area (TPSA) is 263 Å². The summed E-state index contributed by atoms with van der Waals surface area (Å²) in [6.07, 6.45) is 3.48. The summed E-state index contributed by atoms with van der Waals surface area (Å²) < 4.78 is 51.0. The summed E-state index contributed by atoms with van der Waals surface area (Å²) in [6, 6.07) is 6.25. The van der Waals surface area contributed by atoms with Gasteiger partial charge in [-0.15, -0.1) is 12.8 Å². The van der Waals surface area contributed by atoms with Crippen molar-refractivity contribution in [2.24, 2.45) is 17.0 Å². The lowest BCUT2D eigenvalue weighted by Crippen LogP contribution is -2.57. The summed E-state index contributed by atoms with van der Waals surface area (Å²) in [4.78, 5) is 58.6. The lowest BCUT2D eigenvalue weighted by molar-refractivity contribution is -0.255. The Kier molecular flexibility index (Phi) is 16.2. The van der Waals surface area contributed by atoms with E-state index in [1.54, 1.807) is 39.8 Å². The van der Waals surface area contributed by atoms with Gasteiger partial charge in [0, 0.05) is 23.0 Å². The molecule has 3 aliphatic rings. The molecular formula is C49H54N2O18. The SMILES string of the molecule is C#CCO/N=C(\C)c1c(O)c2ccc(OC3O[C@@H](CC)[C@H](C)[C@@H](OC(=O)NOCC#C)[C@H]3O)c(C)c2oc1=O.C=C(C)c1c(O)c2ccc(OC3O[C@@H](CC)[C@H](C)[C@H]4OC(=O)O[C@@H]34)c(C)c2oc1=O. The fourth-order valence-electron chi connectivity index (χ4n) is 8.38. The van der Waals surface area contributed by atoms with Crippen LogP contribution in [0.4, 0.5) is 9.59 Å². The zero-order valence-electron chi connectivity index (χ0n) is 39.2. The number of hydrogen-bond acceptors (Lipinski definition) is 19. The molecule has 2 unspecified atom stereocenters. The van der Waals surface area contributed by atoms with Gasteiger partial charge in [-0.05, 0) is 70.4 Å². The van der Waals surface area contributed by atoms with Gasteiger partial charge < -0.3 is 62.1 Å². The second-order valence-electron chi connectivity index (χ2n) is 16.5. The molecule has 2 aromatic heterocycles. The number of terminal acetylenes is 2. The van der Waals surface area contributed by atoms with Crippen LogP contribution < -0.4 is 26.2 Å². The molecule has 3 aliphatic heterocycles. The van der Waals surface area contributed by atoms with E-state index in [9.17, 15) is 34.5 Å². The summed E-state index contributed by atoms with van der Waals surface area (Å²) in [6.45, 7) is 17.4. The van der Waals surface area contributed by atoms with Crippen molar-refractivity contribution in [2.75, 3.05) is 13.2 Å². The highest BCUT2D eigenvalue weighted by atomic mass is 16.8. The molecule has 2 aromatic carbocycles.